The zero-order chi connectivity index (χ0) is 19.5. The van der Waals surface area contributed by atoms with Crippen molar-refractivity contribution in [2.45, 2.75) is 18.1 Å². The number of alkyl halides is 3. The van der Waals surface area contributed by atoms with E-state index in [0.29, 0.717) is 24.6 Å². The highest BCUT2D eigenvalue weighted by molar-refractivity contribution is 5.48. The van der Waals surface area contributed by atoms with E-state index in [1.165, 1.54) is 0 Å². The molecule has 0 aliphatic carbocycles. The molecule has 1 aliphatic heterocycles. The van der Waals surface area contributed by atoms with Gasteiger partial charge >= 0.3 is 6.18 Å². The highest BCUT2D eigenvalue weighted by atomic mass is 19.4. The topological polar surface area (TPSA) is 102 Å². The number of nitrogens with zero attached hydrogens (tertiary/aromatic N) is 2. The fourth-order valence-corrected chi connectivity index (χ4v) is 2.93. The Hall–Kier alpha value is -3.07. The molecule has 1 unspecified atom stereocenters. The van der Waals surface area contributed by atoms with Crippen LogP contribution in [0.2, 0.25) is 0 Å². The summed E-state index contributed by atoms with van der Waals surface area (Å²) in [5.74, 6) is 0.936. The molecule has 6 N–H and O–H groups in total. The Kier molecular flexibility index (Phi) is 5.04. The van der Waals surface area contributed by atoms with E-state index in [-0.39, 0.29) is 5.82 Å². The van der Waals surface area contributed by atoms with E-state index in [0.717, 1.165) is 23.9 Å². The molecule has 0 saturated carbocycles. The number of hydrogen-bond donors (Lipinski definition) is 4. The van der Waals surface area contributed by atoms with Crippen molar-refractivity contribution in [2.24, 2.45) is 5.73 Å². The monoisotopic (exact) mass is 376 g/mol. The third kappa shape index (κ3) is 4.20. The van der Waals surface area contributed by atoms with Crippen molar-refractivity contribution in [1.82, 2.24) is 15.3 Å². The van der Waals surface area contributed by atoms with Gasteiger partial charge in [-0.3, -0.25) is 0 Å². The molecule has 0 spiro atoms. The van der Waals surface area contributed by atoms with Crippen LogP contribution < -0.4 is 22.1 Å². The highest BCUT2D eigenvalue weighted by Crippen LogP contribution is 2.32. The van der Waals surface area contributed by atoms with Crippen molar-refractivity contribution in [2.75, 3.05) is 17.6 Å². The summed E-state index contributed by atoms with van der Waals surface area (Å²) in [6.45, 7) is 0.384. The number of hydrogen-bond acceptors (Lipinski definition) is 6. The van der Waals surface area contributed by atoms with Crippen molar-refractivity contribution in [3.8, 4) is 0 Å². The quantitative estimate of drug-likeness (QED) is 0.640. The summed E-state index contributed by atoms with van der Waals surface area (Å²) in [7, 11) is 0. The fourth-order valence-electron chi connectivity index (χ4n) is 2.93. The van der Waals surface area contributed by atoms with Gasteiger partial charge in [0.2, 0.25) is 0 Å². The maximum atomic E-state index is 12.9. The van der Waals surface area contributed by atoms with Crippen LogP contribution in [0.25, 0.3) is 0 Å². The molecule has 6 nitrogen and oxygen atoms in total. The second kappa shape index (κ2) is 7.28. The molecule has 27 heavy (non-hydrogen) atoms. The summed E-state index contributed by atoms with van der Waals surface area (Å²) in [6.07, 6.45) is 4.26. The lowest BCUT2D eigenvalue weighted by molar-refractivity contribution is -0.137. The van der Waals surface area contributed by atoms with Crippen LogP contribution in [-0.2, 0) is 11.7 Å². The minimum absolute atomic E-state index is 0.0785. The van der Waals surface area contributed by atoms with Crippen LogP contribution >= 0.6 is 0 Å². The molecule has 9 heteroatoms. The SMILES string of the molecule is NCCC1(c2ccnc(N)c2)C=CC=C(Nc2cc(C(F)(F)F)ccn2)N1. The van der Waals surface area contributed by atoms with Gasteiger partial charge < -0.3 is 22.1 Å². The van der Waals surface area contributed by atoms with Crippen LogP contribution in [0.4, 0.5) is 24.8 Å². The number of halogens is 3. The van der Waals surface area contributed by atoms with Crippen LogP contribution in [0, 0.1) is 0 Å². The molecular formula is C18H19F3N6. The van der Waals surface area contributed by atoms with Crippen LogP contribution in [0.1, 0.15) is 17.5 Å². The summed E-state index contributed by atoms with van der Waals surface area (Å²) < 4.78 is 38.7. The summed E-state index contributed by atoms with van der Waals surface area (Å²) >= 11 is 0. The van der Waals surface area contributed by atoms with E-state index in [2.05, 4.69) is 20.6 Å². The molecule has 142 valence electrons. The second-order valence-corrected chi connectivity index (χ2v) is 6.10. The summed E-state index contributed by atoms with van der Waals surface area (Å²) in [5.41, 5.74) is 11.0. The average Bonchev–Trinajstić information content (AvgIpc) is 2.62. The van der Waals surface area contributed by atoms with Crippen molar-refractivity contribution in [3.05, 3.63) is 71.8 Å². The van der Waals surface area contributed by atoms with Crippen LogP contribution in [0.3, 0.4) is 0 Å². The Morgan fingerprint density at radius 1 is 1.15 bits per heavy atom. The molecule has 0 radical (unpaired) electrons. The molecule has 2 aromatic rings. The summed E-state index contributed by atoms with van der Waals surface area (Å²) in [5, 5.41) is 6.19. The van der Waals surface area contributed by atoms with Crippen LogP contribution in [-0.4, -0.2) is 16.5 Å². The molecule has 1 aliphatic rings. The lowest BCUT2D eigenvalue weighted by Crippen LogP contribution is -2.45. The largest absolute Gasteiger partial charge is 0.416 e. The molecule has 0 aromatic carbocycles. The summed E-state index contributed by atoms with van der Waals surface area (Å²) in [6, 6.07) is 5.43. The van der Waals surface area contributed by atoms with Gasteiger partial charge in [0.1, 0.15) is 17.5 Å². The molecular weight excluding hydrogens is 357 g/mol. The molecule has 0 amide bonds. The fraction of sp³-hybridized carbons (Fsp3) is 0.222. The number of aromatic nitrogens is 2. The maximum Gasteiger partial charge on any atom is 0.416 e. The zero-order valence-corrected chi connectivity index (χ0v) is 14.3. The Labute approximate surface area is 154 Å². The molecule has 0 bridgehead atoms. The zero-order valence-electron chi connectivity index (χ0n) is 14.3. The number of nitrogens with one attached hydrogen (secondary N) is 2. The number of rotatable bonds is 5. The predicted octanol–water partition coefficient (Wildman–Crippen LogP) is 2.73. The van der Waals surface area contributed by atoms with Gasteiger partial charge in [-0.2, -0.15) is 13.2 Å². The average molecular weight is 376 g/mol. The third-order valence-corrected chi connectivity index (χ3v) is 4.19. The first-order valence-electron chi connectivity index (χ1n) is 8.22. The predicted molar refractivity (Wildman–Crippen MR) is 97.2 cm³/mol. The lowest BCUT2D eigenvalue weighted by Gasteiger charge is -2.36. The smallest absolute Gasteiger partial charge is 0.384 e. The van der Waals surface area contributed by atoms with E-state index in [9.17, 15) is 13.2 Å². The van der Waals surface area contributed by atoms with Crippen molar-refractivity contribution < 1.29 is 13.2 Å². The van der Waals surface area contributed by atoms with Gasteiger partial charge in [0, 0.05) is 12.4 Å². The van der Waals surface area contributed by atoms with Gasteiger partial charge in [0.25, 0.3) is 0 Å². The Bertz CT molecular complexity index is 877. The van der Waals surface area contributed by atoms with Crippen molar-refractivity contribution >= 4 is 11.6 Å². The Balaban J connectivity index is 1.87. The van der Waals surface area contributed by atoms with E-state index >= 15 is 0 Å². The number of anilines is 2. The van der Waals surface area contributed by atoms with Gasteiger partial charge in [-0.1, -0.05) is 12.2 Å². The van der Waals surface area contributed by atoms with Gasteiger partial charge in [0.15, 0.2) is 0 Å². The first-order chi connectivity index (χ1) is 12.8. The standard InChI is InChI=1S/C18H19F3N6/c19-18(20,21)13-4-9-25-16(11-13)26-15-2-1-5-17(27-15,6-7-22)12-3-8-24-14(23)10-12/h1-5,8-11,27H,6-7,22H2,(H2,23,24)(H,25,26). The lowest BCUT2D eigenvalue weighted by atomic mass is 9.85. The number of dihydropyridines is 1. The molecule has 0 fully saturated rings. The first-order valence-corrected chi connectivity index (χ1v) is 8.22. The molecule has 0 saturated heterocycles. The van der Waals surface area contributed by atoms with Crippen molar-refractivity contribution in [3.63, 3.8) is 0 Å². The highest BCUT2D eigenvalue weighted by Gasteiger charge is 2.32. The van der Waals surface area contributed by atoms with E-state index in [1.807, 2.05) is 12.1 Å². The molecule has 3 heterocycles. The normalized spacial score (nSPS) is 19.3. The number of nitrogens with two attached hydrogens (primary N) is 2. The number of nitrogen functional groups attached to an aromatic ring is 1. The maximum absolute atomic E-state index is 12.9. The first kappa shape index (κ1) is 18.7. The minimum Gasteiger partial charge on any atom is -0.384 e. The van der Waals surface area contributed by atoms with E-state index in [1.54, 1.807) is 24.4 Å². The molecule has 3 rings (SSSR count). The Morgan fingerprint density at radius 2 is 1.93 bits per heavy atom. The van der Waals surface area contributed by atoms with Crippen LogP contribution in [0.15, 0.2) is 60.7 Å². The Morgan fingerprint density at radius 3 is 2.63 bits per heavy atom. The van der Waals surface area contributed by atoms with Crippen LogP contribution in [0.5, 0.6) is 0 Å². The number of pyridine rings is 2. The summed E-state index contributed by atoms with van der Waals surface area (Å²) in [4.78, 5) is 7.95. The second-order valence-electron chi connectivity index (χ2n) is 6.10. The molecule has 2 aromatic heterocycles. The third-order valence-electron chi connectivity index (χ3n) is 4.19. The van der Waals surface area contributed by atoms with Gasteiger partial charge in [0.05, 0.1) is 11.1 Å². The van der Waals surface area contributed by atoms with Gasteiger partial charge in [-0.05, 0) is 48.9 Å². The number of allylic oxidation sites excluding steroid dienone is 2. The molecule has 1 atom stereocenters. The van der Waals surface area contributed by atoms with E-state index < -0.39 is 17.3 Å². The van der Waals surface area contributed by atoms with E-state index in [4.69, 9.17) is 11.5 Å². The van der Waals surface area contributed by atoms with Crippen molar-refractivity contribution in [1.29, 1.82) is 0 Å². The van der Waals surface area contributed by atoms with Gasteiger partial charge in [-0.25, -0.2) is 9.97 Å². The minimum atomic E-state index is -4.44. The van der Waals surface area contributed by atoms with Gasteiger partial charge in [-0.15, -0.1) is 0 Å².